The molecule has 0 unspecified atom stereocenters. The van der Waals surface area contributed by atoms with Crippen molar-refractivity contribution in [1.82, 2.24) is 20.9 Å². The van der Waals surface area contributed by atoms with E-state index in [4.69, 9.17) is 5.73 Å². The van der Waals surface area contributed by atoms with Crippen molar-refractivity contribution in [1.29, 1.82) is 0 Å². The number of carbonyl (C=O) groups is 4. The van der Waals surface area contributed by atoms with Crippen molar-refractivity contribution in [2.75, 3.05) is 18.2 Å². The summed E-state index contributed by atoms with van der Waals surface area (Å²) in [6.07, 6.45) is -0.806. The van der Waals surface area contributed by atoms with Crippen LogP contribution in [0.25, 0.3) is 10.8 Å². The Morgan fingerprint density at radius 1 is 0.978 bits per heavy atom. The zero-order valence-electron chi connectivity index (χ0n) is 26.0. The number of carbonyl (C=O) groups excluding carboxylic acids is 4. The van der Waals surface area contributed by atoms with Crippen molar-refractivity contribution in [3.63, 3.8) is 0 Å². The Hall–Kier alpha value is -3.93. The summed E-state index contributed by atoms with van der Waals surface area (Å²) in [5.41, 5.74) is 6.36. The Morgan fingerprint density at radius 2 is 1.67 bits per heavy atom. The van der Waals surface area contributed by atoms with Gasteiger partial charge >= 0.3 is 0 Å². The van der Waals surface area contributed by atoms with Gasteiger partial charge in [0, 0.05) is 41.7 Å². The Balaban J connectivity index is 1.48. The molecule has 45 heavy (non-hydrogen) atoms. The second-order valence-corrected chi connectivity index (χ2v) is 13.6. The van der Waals surface area contributed by atoms with Gasteiger partial charge < -0.3 is 26.8 Å². The van der Waals surface area contributed by atoms with Gasteiger partial charge in [0.05, 0.1) is 18.6 Å². The standard InChI is InChI=1S/C34H43N5O5S/c1-34(2,3)38-31(42)17-26-20-45-21-39(26)19-29(40)27(15-22-9-5-4-6-10-22)36-33(44)28(18-30(35)41)37-32(43)25-14-13-23-11-7-8-12-24(23)16-25/h4-14,16,26-29,40H,15,17-21H2,1-3H3,(H2,35,41)(H,36,44)(H,37,43)(H,38,42)/t26-,27+,28+,29-/m1/s1. The first-order valence-electron chi connectivity index (χ1n) is 15.1. The van der Waals surface area contributed by atoms with Gasteiger partial charge in [-0.05, 0) is 55.7 Å². The van der Waals surface area contributed by atoms with Crippen LogP contribution >= 0.6 is 11.8 Å². The third-order valence-electron chi connectivity index (χ3n) is 7.57. The number of rotatable bonds is 13. The van der Waals surface area contributed by atoms with Crippen LogP contribution < -0.4 is 21.7 Å². The van der Waals surface area contributed by atoms with E-state index in [1.54, 1.807) is 23.9 Å². The Kier molecular flexibility index (Phi) is 11.6. The first-order chi connectivity index (χ1) is 21.4. The molecule has 0 aliphatic carbocycles. The van der Waals surface area contributed by atoms with Crippen LogP contribution in [0.2, 0.25) is 0 Å². The molecule has 1 aliphatic rings. The van der Waals surface area contributed by atoms with Crippen molar-refractivity contribution < 1.29 is 24.3 Å². The highest BCUT2D eigenvalue weighted by atomic mass is 32.2. The molecule has 10 nitrogen and oxygen atoms in total. The molecular weight excluding hydrogens is 590 g/mol. The summed E-state index contributed by atoms with van der Waals surface area (Å²) in [5, 5.41) is 21.9. The molecule has 1 fully saturated rings. The number of β-amino-alcohol motifs (C(OH)–C–C–N with tert-alkyl or cyclic N) is 1. The van der Waals surface area contributed by atoms with Crippen molar-refractivity contribution in [3.8, 4) is 0 Å². The smallest absolute Gasteiger partial charge is 0.251 e. The van der Waals surface area contributed by atoms with Crippen molar-refractivity contribution >= 4 is 46.2 Å². The van der Waals surface area contributed by atoms with Gasteiger partial charge in [-0.25, -0.2) is 0 Å². The SMILES string of the molecule is CC(C)(C)NC(=O)C[C@@H]1CSCN1C[C@@H](O)[C@H](Cc1ccccc1)NC(=O)[C@H](CC(N)=O)NC(=O)c1ccc2ccccc2c1. The number of hydrogen-bond acceptors (Lipinski definition) is 7. The maximum atomic E-state index is 13.6. The number of nitrogens with two attached hydrogens (primary N) is 1. The fourth-order valence-electron chi connectivity index (χ4n) is 5.37. The lowest BCUT2D eigenvalue weighted by Gasteiger charge is -2.32. The van der Waals surface area contributed by atoms with Crippen molar-refractivity contribution in [2.45, 2.75) is 69.8 Å². The number of nitrogens with one attached hydrogen (secondary N) is 3. The zero-order chi connectivity index (χ0) is 32.6. The van der Waals surface area contributed by atoms with E-state index in [1.165, 1.54) is 0 Å². The Morgan fingerprint density at radius 3 is 2.36 bits per heavy atom. The third-order valence-corrected chi connectivity index (χ3v) is 8.70. The Bertz CT molecular complexity index is 1500. The lowest BCUT2D eigenvalue weighted by atomic mass is 9.99. The number of primary amides is 1. The number of hydrogen-bond donors (Lipinski definition) is 5. The lowest BCUT2D eigenvalue weighted by molar-refractivity contribution is -0.128. The normalized spacial score (nSPS) is 17.3. The molecule has 4 atom stereocenters. The summed E-state index contributed by atoms with van der Waals surface area (Å²) < 4.78 is 0. The number of aliphatic hydroxyl groups is 1. The lowest BCUT2D eigenvalue weighted by Crippen LogP contribution is -2.56. The monoisotopic (exact) mass is 633 g/mol. The summed E-state index contributed by atoms with van der Waals surface area (Å²) in [7, 11) is 0. The highest BCUT2D eigenvalue weighted by Crippen LogP contribution is 2.24. The summed E-state index contributed by atoms with van der Waals surface area (Å²) >= 11 is 1.69. The number of fused-ring (bicyclic) bond motifs is 1. The minimum absolute atomic E-state index is 0.0555. The molecule has 3 aromatic rings. The molecule has 1 saturated heterocycles. The van der Waals surface area contributed by atoms with Gasteiger partial charge in [0.2, 0.25) is 17.7 Å². The number of nitrogens with zero attached hydrogens (tertiary/aromatic N) is 1. The molecule has 0 bridgehead atoms. The molecule has 0 aromatic heterocycles. The summed E-state index contributed by atoms with van der Waals surface area (Å²) in [4.78, 5) is 53.5. The molecule has 6 N–H and O–H groups in total. The van der Waals surface area contributed by atoms with Crippen LogP contribution in [0.15, 0.2) is 72.8 Å². The minimum atomic E-state index is -1.25. The largest absolute Gasteiger partial charge is 0.390 e. The van der Waals surface area contributed by atoms with E-state index in [2.05, 4.69) is 20.9 Å². The molecule has 1 heterocycles. The fraction of sp³-hybridized carbons (Fsp3) is 0.412. The van der Waals surface area contributed by atoms with Gasteiger partial charge in [-0.3, -0.25) is 24.1 Å². The molecule has 0 radical (unpaired) electrons. The predicted octanol–water partition coefficient (Wildman–Crippen LogP) is 2.58. The quantitative estimate of drug-likeness (QED) is 0.194. The third kappa shape index (κ3) is 10.3. The molecule has 11 heteroatoms. The summed E-state index contributed by atoms with van der Waals surface area (Å²) in [6.45, 7) is 6.02. The molecule has 4 rings (SSSR count). The van der Waals surface area contributed by atoms with Crippen molar-refractivity contribution in [2.24, 2.45) is 5.73 Å². The van der Waals surface area contributed by atoms with Crippen LogP contribution in [0.4, 0.5) is 0 Å². The van der Waals surface area contributed by atoms with E-state index in [1.807, 2.05) is 81.4 Å². The van der Waals surface area contributed by atoms with Crippen molar-refractivity contribution in [3.05, 3.63) is 83.9 Å². The molecule has 0 saturated carbocycles. The molecule has 4 amide bonds. The molecular formula is C34H43N5O5S. The number of thioether (sulfide) groups is 1. The Labute approximate surface area is 268 Å². The average molecular weight is 634 g/mol. The van der Waals surface area contributed by atoms with Gasteiger partial charge in [0.25, 0.3) is 5.91 Å². The highest BCUT2D eigenvalue weighted by Gasteiger charge is 2.34. The predicted molar refractivity (Wildman–Crippen MR) is 177 cm³/mol. The number of benzene rings is 3. The number of aliphatic hydroxyl groups excluding tert-OH is 1. The van der Waals surface area contributed by atoms with Gasteiger partial charge in [-0.15, -0.1) is 11.8 Å². The topological polar surface area (TPSA) is 154 Å². The van der Waals surface area contributed by atoms with E-state index < -0.39 is 42.3 Å². The van der Waals surface area contributed by atoms with Gasteiger partial charge in [0.1, 0.15) is 6.04 Å². The van der Waals surface area contributed by atoms with E-state index in [0.717, 1.165) is 22.1 Å². The zero-order valence-corrected chi connectivity index (χ0v) is 26.8. The van der Waals surface area contributed by atoms with Crippen LogP contribution in [0.5, 0.6) is 0 Å². The molecule has 240 valence electrons. The van der Waals surface area contributed by atoms with Gasteiger partial charge in [0.15, 0.2) is 0 Å². The van der Waals surface area contributed by atoms with E-state index in [9.17, 15) is 24.3 Å². The first-order valence-corrected chi connectivity index (χ1v) is 16.3. The van der Waals surface area contributed by atoms with E-state index in [0.29, 0.717) is 24.3 Å². The second-order valence-electron chi connectivity index (χ2n) is 12.6. The minimum Gasteiger partial charge on any atom is -0.390 e. The van der Waals surface area contributed by atoms with Crippen LogP contribution in [-0.4, -0.2) is 81.6 Å². The van der Waals surface area contributed by atoms with E-state index >= 15 is 0 Å². The first kappa shape index (κ1) is 34.0. The van der Waals surface area contributed by atoms with Crippen LogP contribution in [0.1, 0.15) is 49.5 Å². The second kappa shape index (κ2) is 15.4. The van der Waals surface area contributed by atoms with Gasteiger partial charge in [-0.2, -0.15) is 0 Å². The van der Waals surface area contributed by atoms with E-state index in [-0.39, 0.29) is 24.0 Å². The van der Waals surface area contributed by atoms with Crippen LogP contribution in [0, 0.1) is 0 Å². The molecule has 0 spiro atoms. The van der Waals surface area contributed by atoms with Crippen LogP contribution in [-0.2, 0) is 20.8 Å². The molecule has 1 aliphatic heterocycles. The maximum Gasteiger partial charge on any atom is 0.251 e. The van der Waals surface area contributed by atoms with Crippen LogP contribution in [0.3, 0.4) is 0 Å². The molecule has 3 aromatic carbocycles. The number of amides is 4. The maximum absolute atomic E-state index is 13.6. The summed E-state index contributed by atoms with van der Waals surface area (Å²) in [6, 6.07) is 20.2. The van der Waals surface area contributed by atoms with Gasteiger partial charge in [-0.1, -0.05) is 60.7 Å². The summed E-state index contributed by atoms with van der Waals surface area (Å²) in [5.74, 6) is -0.559. The average Bonchev–Trinajstić information content (AvgIpc) is 3.41. The highest BCUT2D eigenvalue weighted by molar-refractivity contribution is 7.99. The fourth-order valence-corrected chi connectivity index (χ4v) is 6.63.